The highest BCUT2D eigenvalue weighted by atomic mass is 33.1. The molecule has 0 bridgehead atoms. The summed E-state index contributed by atoms with van der Waals surface area (Å²) in [6.07, 6.45) is 8.45. The Labute approximate surface area is 413 Å². The summed E-state index contributed by atoms with van der Waals surface area (Å²) in [6.45, 7) is 2.58. The van der Waals surface area contributed by atoms with Gasteiger partial charge in [-0.3, -0.25) is 4.79 Å². The van der Waals surface area contributed by atoms with Gasteiger partial charge in [0.2, 0.25) is 0 Å². The Hall–Kier alpha value is -5.11. The van der Waals surface area contributed by atoms with Crippen LogP contribution in [0.15, 0.2) is 97.3 Å². The van der Waals surface area contributed by atoms with Crippen LogP contribution < -0.4 is 19.8 Å². The summed E-state index contributed by atoms with van der Waals surface area (Å²) >= 11 is 0. The first kappa shape index (κ1) is 48.9. The topological polar surface area (TPSA) is 163 Å². The summed E-state index contributed by atoms with van der Waals surface area (Å²) in [5.74, 6) is -0.271. The summed E-state index contributed by atoms with van der Waals surface area (Å²) in [6, 6.07) is 26.7. The molecule has 0 spiro atoms. The van der Waals surface area contributed by atoms with Crippen molar-refractivity contribution in [2.75, 3.05) is 19.9 Å². The fourth-order valence-corrected chi connectivity index (χ4v) is 14.3. The molecule has 2 aliphatic carbocycles. The number of hydrogen-bond acceptors (Lipinski definition) is 11. The third-order valence-corrected chi connectivity index (χ3v) is 17.6. The minimum atomic E-state index is -1.61. The molecule has 6 N–H and O–H groups in total. The van der Waals surface area contributed by atoms with Gasteiger partial charge in [0.1, 0.15) is 5.75 Å². The molecule has 2 heterocycles. The third-order valence-electron chi connectivity index (χ3n) is 15.2. The maximum absolute atomic E-state index is 16.5. The van der Waals surface area contributed by atoms with Crippen molar-refractivity contribution in [3.63, 3.8) is 0 Å². The number of fused-ring (bicyclic) bond motifs is 2. The Morgan fingerprint density at radius 3 is 2.45 bits per heavy atom. The van der Waals surface area contributed by atoms with Gasteiger partial charge in [0, 0.05) is 36.0 Å². The molecule has 2 fully saturated rings. The smallest absolute Gasteiger partial charge is 0.164 e. The van der Waals surface area contributed by atoms with E-state index in [9.17, 15) is 25.5 Å². The van der Waals surface area contributed by atoms with E-state index in [1.165, 1.54) is 22.1 Å². The molecular weight excluding hydrogens is 905 g/mol. The average molecular weight is 970 g/mol. The van der Waals surface area contributed by atoms with Crippen molar-refractivity contribution >= 4 is 38.1 Å². The van der Waals surface area contributed by atoms with Gasteiger partial charge in [-0.15, -0.1) is 0 Å². The molecule has 0 radical (unpaired) electrons. The van der Waals surface area contributed by atoms with Crippen LogP contribution in [-0.2, 0) is 54.6 Å². The number of nitrogens with zero attached hydrogens (tertiary/aromatic N) is 1. The summed E-state index contributed by atoms with van der Waals surface area (Å²) in [4.78, 5) is 20.9. The van der Waals surface area contributed by atoms with Gasteiger partial charge in [0.15, 0.2) is 28.8 Å². The highest BCUT2D eigenvalue weighted by Gasteiger charge is 2.57. The van der Waals surface area contributed by atoms with Crippen molar-refractivity contribution in [2.24, 2.45) is 17.8 Å². The number of aromatic nitrogens is 1. The number of Topliss-reactive ketones (excluding diaryl/α,β-unsaturated/α-hetero) is 1. The van der Waals surface area contributed by atoms with E-state index < -0.39 is 35.4 Å². The molecule has 6 aromatic rings. The Morgan fingerprint density at radius 1 is 0.855 bits per heavy atom. The monoisotopic (exact) mass is 969 g/mol. The van der Waals surface area contributed by atoms with Gasteiger partial charge < -0.3 is 45.3 Å². The summed E-state index contributed by atoms with van der Waals surface area (Å²) in [5.41, 5.74) is 6.50. The molecule has 69 heavy (non-hydrogen) atoms. The number of carbonyl (C=O) groups excluding carboxylic acids is 1. The zero-order valence-corrected chi connectivity index (χ0v) is 41.5. The van der Waals surface area contributed by atoms with Gasteiger partial charge in [-0.2, -0.15) is 12.4 Å². The first-order chi connectivity index (χ1) is 33.5. The molecule has 9 rings (SSSR count). The van der Waals surface area contributed by atoms with Crippen LogP contribution in [0, 0.1) is 17.8 Å². The number of phenols is 3. The number of hydrogen-bond donors (Lipinski definition) is 6. The highest BCUT2D eigenvalue weighted by Crippen LogP contribution is 2.51. The molecule has 0 amide bonds. The molecule has 1 aromatic heterocycles. The second kappa shape index (κ2) is 21.5. The standard InChI is InChI=1S/C57H65N2O8S2/c1-4-37-14-15-38-9-8-10-40-32-68-69-33-42-26-51(63)57(43-22-36(30-58-2)23-44(60)27-43,29-34-13-17-48(61)50(24-34)67-45-11-6-5-7-12-45)56(65)53(42)54(64)41(21-35-19-20-59-31-35)25-39-16-18-49(62)55(66-3)47(39)28-46(37)52(38)40/h8-10,13-20,22-24,27,31,41-42,45,51,53-54,58,60-64H,4-7,11-12,21,25-26,28-30,32-33H2,1-3H3/q-1/t41-,42+,51+,53-,54+,57+/m1/s1. The molecule has 10 nitrogen and oxygen atoms in total. The Morgan fingerprint density at radius 2 is 1.68 bits per heavy atom. The maximum atomic E-state index is 16.5. The molecule has 364 valence electrons. The van der Waals surface area contributed by atoms with E-state index in [1.54, 1.807) is 77.5 Å². The number of ketones is 1. The van der Waals surface area contributed by atoms with E-state index in [2.05, 4.69) is 47.6 Å². The fraction of sp³-hybridized carbons (Fsp3) is 0.421. The number of ether oxygens (including phenoxy) is 2. The van der Waals surface area contributed by atoms with Crippen molar-refractivity contribution in [3.05, 3.63) is 147 Å². The van der Waals surface area contributed by atoms with Crippen LogP contribution in [0.4, 0.5) is 0 Å². The lowest BCUT2D eigenvalue weighted by Gasteiger charge is -2.49. The molecule has 5 aromatic carbocycles. The number of carbonyl (C=O) groups is 1. The number of aliphatic hydroxyl groups is 2. The van der Waals surface area contributed by atoms with Crippen LogP contribution in [0.3, 0.4) is 0 Å². The van der Waals surface area contributed by atoms with Crippen LogP contribution in [0.1, 0.15) is 95.5 Å². The SMILES string of the molecule is CCc1ccc2cccc3c2c1Cc1c(ccc(O)c1OC)C[C@@H](Cc1cc[n-]c1)[C@H](O)[C@@H]1C(=O)[C@@](Cc2ccc(O)c(OC4CCCCC4)c2)(c2cc(O)cc(CNC)c2)[C@@H](O)C[C@H]1CSSC3. The average Bonchev–Trinajstić information content (AvgIpc) is 3.86. The van der Waals surface area contributed by atoms with E-state index in [0.29, 0.717) is 59.9 Å². The molecule has 2 saturated carbocycles. The highest BCUT2D eigenvalue weighted by molar-refractivity contribution is 8.76. The first-order valence-electron chi connectivity index (χ1n) is 24.6. The van der Waals surface area contributed by atoms with E-state index in [4.69, 9.17) is 9.47 Å². The second-order valence-electron chi connectivity index (χ2n) is 19.5. The zero-order chi connectivity index (χ0) is 48.2. The van der Waals surface area contributed by atoms with Crippen molar-refractivity contribution in [1.29, 1.82) is 0 Å². The van der Waals surface area contributed by atoms with Gasteiger partial charge in [-0.25, -0.2) is 0 Å². The second-order valence-corrected chi connectivity index (χ2v) is 22.0. The van der Waals surface area contributed by atoms with Crippen LogP contribution in [0.5, 0.6) is 28.7 Å². The van der Waals surface area contributed by atoms with E-state index in [1.807, 2.05) is 25.2 Å². The van der Waals surface area contributed by atoms with Crippen LogP contribution >= 0.6 is 21.6 Å². The minimum absolute atomic E-state index is 0.00900. The first-order valence-corrected chi connectivity index (χ1v) is 27.1. The quantitative estimate of drug-likeness (QED) is 0.0683. The van der Waals surface area contributed by atoms with E-state index in [0.717, 1.165) is 66.2 Å². The van der Waals surface area contributed by atoms with Gasteiger partial charge in [-0.05, 0) is 157 Å². The van der Waals surface area contributed by atoms with Gasteiger partial charge in [0.25, 0.3) is 0 Å². The fourth-order valence-electron chi connectivity index (χ4n) is 11.8. The van der Waals surface area contributed by atoms with E-state index in [-0.39, 0.29) is 42.0 Å². The predicted molar refractivity (Wildman–Crippen MR) is 276 cm³/mol. The van der Waals surface area contributed by atoms with Crippen LogP contribution in [0.2, 0.25) is 0 Å². The zero-order valence-electron chi connectivity index (χ0n) is 39.8. The number of aliphatic hydroxyl groups excluding tert-OH is 2. The normalized spacial score (nSPS) is 23.7. The van der Waals surface area contributed by atoms with Gasteiger partial charge in [-0.1, -0.05) is 95.1 Å². The molecular formula is C57H65N2O8S2-. The molecule has 0 unspecified atom stereocenters. The van der Waals surface area contributed by atoms with Crippen LogP contribution in [0.25, 0.3) is 10.8 Å². The number of phenolic OH excluding ortho intramolecular Hbond substituents is 3. The van der Waals surface area contributed by atoms with Crippen molar-refractivity contribution in [2.45, 2.75) is 114 Å². The number of nitrogens with one attached hydrogen (secondary N) is 1. The Bertz CT molecular complexity index is 2760. The van der Waals surface area contributed by atoms with Crippen molar-refractivity contribution < 1.29 is 39.8 Å². The lowest BCUT2D eigenvalue weighted by atomic mass is 9.55. The maximum Gasteiger partial charge on any atom is 0.164 e. The molecule has 12 heteroatoms. The largest absolute Gasteiger partial charge is 0.670 e. The van der Waals surface area contributed by atoms with E-state index >= 15 is 4.79 Å². The lowest BCUT2D eigenvalue weighted by Crippen LogP contribution is -2.61. The number of aromatic hydroxyl groups is 3. The molecule has 6 atom stereocenters. The number of rotatable bonds is 11. The van der Waals surface area contributed by atoms with Gasteiger partial charge in [0.05, 0.1) is 30.8 Å². The van der Waals surface area contributed by atoms with Crippen molar-refractivity contribution in [3.8, 4) is 28.7 Å². The van der Waals surface area contributed by atoms with Crippen molar-refractivity contribution in [1.82, 2.24) is 10.3 Å². The van der Waals surface area contributed by atoms with Crippen LogP contribution in [-0.4, -0.2) is 69.5 Å². The Kier molecular flexibility index (Phi) is 15.2. The minimum Gasteiger partial charge on any atom is -0.670 e. The molecule has 0 saturated heterocycles. The molecule has 1 aliphatic heterocycles. The third kappa shape index (κ3) is 10.1. The predicted octanol–water partition coefficient (Wildman–Crippen LogP) is 9.91. The lowest BCUT2D eigenvalue weighted by molar-refractivity contribution is -0.149. The summed E-state index contributed by atoms with van der Waals surface area (Å²) in [5, 5.41) is 65.7. The summed E-state index contributed by atoms with van der Waals surface area (Å²) in [7, 11) is 6.77. The number of benzene rings is 5. The molecule has 3 aliphatic rings. The number of aryl methyl sites for hydroxylation is 1. The summed E-state index contributed by atoms with van der Waals surface area (Å²) < 4.78 is 12.5. The Balaban J connectivity index is 1.20. The number of methoxy groups -OCH3 is 1. The van der Waals surface area contributed by atoms with Gasteiger partial charge >= 0.3 is 0 Å².